The third kappa shape index (κ3) is 4.19. The Bertz CT molecular complexity index is 1330. The molecule has 1 saturated heterocycles. The molecular weight excluding hydrogens is 434 g/mol. The van der Waals surface area contributed by atoms with Crippen LogP contribution in [-0.2, 0) is 19.6 Å². The van der Waals surface area contributed by atoms with Gasteiger partial charge in [-0.3, -0.25) is 14.3 Å². The lowest BCUT2D eigenvalue weighted by Crippen LogP contribution is -2.43. The van der Waals surface area contributed by atoms with Gasteiger partial charge in [-0.25, -0.2) is 0 Å². The van der Waals surface area contributed by atoms with Gasteiger partial charge in [0.25, 0.3) is 5.56 Å². The number of halogens is 1. The van der Waals surface area contributed by atoms with Crippen molar-refractivity contribution in [2.75, 3.05) is 6.54 Å². The molecule has 2 aliphatic heterocycles. The number of hydrogen-bond acceptors (Lipinski definition) is 3. The molecule has 0 spiro atoms. The Morgan fingerprint density at radius 2 is 1.91 bits per heavy atom. The van der Waals surface area contributed by atoms with Gasteiger partial charge in [-0.15, -0.1) is 12.4 Å². The molecule has 0 radical (unpaired) electrons. The molecule has 2 aliphatic rings. The van der Waals surface area contributed by atoms with Gasteiger partial charge in [0.05, 0.1) is 5.69 Å². The summed E-state index contributed by atoms with van der Waals surface area (Å²) in [6.45, 7) is 2.69. The quantitative estimate of drug-likeness (QED) is 0.452. The van der Waals surface area contributed by atoms with Crippen LogP contribution in [0.15, 0.2) is 71.7 Å². The maximum absolute atomic E-state index is 12.8. The molecule has 2 aromatic carbocycles. The number of rotatable bonds is 4. The fraction of sp³-hybridized carbons (Fsp3) is 0.296. The molecule has 1 fully saturated rings. The van der Waals surface area contributed by atoms with Crippen molar-refractivity contribution in [3.05, 3.63) is 94.0 Å². The van der Waals surface area contributed by atoms with Crippen molar-refractivity contribution in [3.8, 4) is 11.4 Å². The molecule has 170 valence electrons. The lowest BCUT2D eigenvalue weighted by atomic mass is 9.91. The van der Waals surface area contributed by atoms with E-state index in [0.717, 1.165) is 29.7 Å². The van der Waals surface area contributed by atoms with Gasteiger partial charge in [0.2, 0.25) is 0 Å². The first-order chi connectivity index (χ1) is 15.7. The van der Waals surface area contributed by atoms with Gasteiger partial charge < -0.3 is 9.72 Å². The highest BCUT2D eigenvalue weighted by molar-refractivity contribution is 5.86. The van der Waals surface area contributed by atoms with Crippen LogP contribution in [0.4, 0.5) is 0 Å². The number of nitrogens with zero attached hydrogens (tertiary/aromatic N) is 2. The first-order valence-electron chi connectivity index (χ1n) is 11.5. The molecule has 33 heavy (non-hydrogen) atoms. The van der Waals surface area contributed by atoms with Gasteiger partial charge in [-0.1, -0.05) is 42.8 Å². The Hall–Kier alpha value is -3.02. The molecule has 1 N–H and O–H groups in total. The van der Waals surface area contributed by atoms with E-state index < -0.39 is 0 Å². The van der Waals surface area contributed by atoms with Crippen molar-refractivity contribution < 1.29 is 4.74 Å². The molecule has 4 heterocycles. The number of fused-ring (bicyclic) bond motifs is 4. The van der Waals surface area contributed by atoms with E-state index in [1.807, 2.05) is 42.5 Å². The summed E-state index contributed by atoms with van der Waals surface area (Å²) in [5.41, 5.74) is 5.77. The summed E-state index contributed by atoms with van der Waals surface area (Å²) in [7, 11) is 0. The van der Waals surface area contributed by atoms with Crippen LogP contribution in [0, 0.1) is 0 Å². The molecule has 6 rings (SSSR count). The van der Waals surface area contributed by atoms with E-state index in [1.54, 1.807) is 16.8 Å². The number of H-pyrrole nitrogens is 1. The normalized spacial score (nSPS) is 17.8. The second-order valence-electron chi connectivity index (χ2n) is 8.98. The summed E-state index contributed by atoms with van der Waals surface area (Å²) in [6.07, 6.45) is 6.86. The third-order valence-electron chi connectivity index (χ3n) is 6.95. The maximum Gasteiger partial charge on any atom is 0.258 e. The number of aromatic nitrogens is 2. The molecular formula is C27H28ClN3O2. The fourth-order valence-corrected chi connectivity index (χ4v) is 5.25. The van der Waals surface area contributed by atoms with Crippen LogP contribution >= 0.6 is 12.4 Å². The molecule has 0 saturated carbocycles. The number of aromatic amines is 1. The maximum atomic E-state index is 12.8. The fourth-order valence-electron chi connectivity index (χ4n) is 5.25. The van der Waals surface area contributed by atoms with Gasteiger partial charge in [0.15, 0.2) is 0 Å². The molecule has 4 aromatic rings. The molecule has 0 amide bonds. The Balaban J connectivity index is 0.00000228. The standard InChI is InChI=1S/C27H27N3O2.ClH/c31-27-16-22(32-18-19-6-2-1-3-7-19)11-13-30(27)21-9-10-23-24-17-29-12-5-4-8-20(29)14-26(24)28-25(23)15-21;/h1-3,6-7,9-11,13,15-16,20,28H,4-5,8,12,14,17-18H2;1H. The highest BCUT2D eigenvalue weighted by Crippen LogP contribution is 2.34. The Morgan fingerprint density at radius 1 is 1.03 bits per heavy atom. The van der Waals surface area contributed by atoms with E-state index in [1.165, 1.54) is 42.5 Å². The van der Waals surface area contributed by atoms with E-state index in [9.17, 15) is 4.79 Å². The molecule has 1 atom stereocenters. The summed E-state index contributed by atoms with van der Waals surface area (Å²) in [5.74, 6) is 0.586. The average molecular weight is 462 g/mol. The van der Waals surface area contributed by atoms with Gasteiger partial charge in [0.1, 0.15) is 12.4 Å². The molecule has 2 aromatic heterocycles. The Kier molecular flexibility index (Phi) is 6.00. The van der Waals surface area contributed by atoms with Crippen LogP contribution < -0.4 is 10.3 Å². The summed E-state index contributed by atoms with van der Waals surface area (Å²) < 4.78 is 7.49. The number of hydrogen-bond donors (Lipinski definition) is 1. The minimum atomic E-state index is -0.0941. The minimum Gasteiger partial charge on any atom is -0.489 e. The van der Waals surface area contributed by atoms with Crippen LogP contribution in [0.5, 0.6) is 5.75 Å². The number of ether oxygens (including phenoxy) is 1. The summed E-state index contributed by atoms with van der Waals surface area (Å²) in [6, 6.07) is 20.4. The highest BCUT2D eigenvalue weighted by atomic mass is 35.5. The zero-order valence-electron chi connectivity index (χ0n) is 18.5. The van der Waals surface area contributed by atoms with Crippen molar-refractivity contribution in [3.63, 3.8) is 0 Å². The van der Waals surface area contributed by atoms with Gasteiger partial charge in [0, 0.05) is 47.9 Å². The van der Waals surface area contributed by atoms with Crippen molar-refractivity contribution >= 4 is 23.3 Å². The molecule has 1 unspecified atom stereocenters. The molecule has 5 nitrogen and oxygen atoms in total. The number of benzene rings is 2. The second-order valence-corrected chi connectivity index (χ2v) is 8.98. The first-order valence-corrected chi connectivity index (χ1v) is 11.5. The van der Waals surface area contributed by atoms with Gasteiger partial charge in [-0.05, 0) is 48.7 Å². The number of pyridine rings is 1. The van der Waals surface area contributed by atoms with Crippen LogP contribution in [0.2, 0.25) is 0 Å². The first kappa shape index (κ1) is 21.8. The van der Waals surface area contributed by atoms with E-state index in [2.05, 4.69) is 22.0 Å². The van der Waals surface area contributed by atoms with Crippen LogP contribution in [0.25, 0.3) is 16.6 Å². The van der Waals surface area contributed by atoms with Gasteiger partial charge in [-0.2, -0.15) is 0 Å². The summed E-state index contributed by atoms with van der Waals surface area (Å²) >= 11 is 0. The molecule has 6 heteroatoms. The molecule has 0 aliphatic carbocycles. The van der Waals surface area contributed by atoms with Crippen molar-refractivity contribution in [1.29, 1.82) is 0 Å². The van der Waals surface area contributed by atoms with Crippen LogP contribution in [-0.4, -0.2) is 27.0 Å². The summed E-state index contributed by atoms with van der Waals surface area (Å²) in [5, 5.41) is 1.28. The molecule has 0 bridgehead atoms. The average Bonchev–Trinajstić information content (AvgIpc) is 3.18. The number of piperidine rings is 1. The van der Waals surface area contributed by atoms with Crippen molar-refractivity contribution in [1.82, 2.24) is 14.5 Å². The highest BCUT2D eigenvalue weighted by Gasteiger charge is 2.30. The van der Waals surface area contributed by atoms with E-state index in [-0.39, 0.29) is 18.0 Å². The smallest absolute Gasteiger partial charge is 0.258 e. The largest absolute Gasteiger partial charge is 0.489 e. The van der Waals surface area contributed by atoms with Crippen LogP contribution in [0.3, 0.4) is 0 Å². The van der Waals surface area contributed by atoms with E-state index in [0.29, 0.717) is 18.4 Å². The second kappa shape index (κ2) is 9.08. The topological polar surface area (TPSA) is 50.3 Å². The van der Waals surface area contributed by atoms with Crippen molar-refractivity contribution in [2.45, 2.75) is 44.9 Å². The lowest BCUT2D eigenvalue weighted by Gasteiger charge is -2.39. The minimum absolute atomic E-state index is 0. The van der Waals surface area contributed by atoms with E-state index in [4.69, 9.17) is 4.74 Å². The van der Waals surface area contributed by atoms with Crippen LogP contribution in [0.1, 0.15) is 36.1 Å². The predicted molar refractivity (Wildman–Crippen MR) is 134 cm³/mol. The number of nitrogens with one attached hydrogen (secondary N) is 1. The zero-order valence-corrected chi connectivity index (χ0v) is 19.3. The lowest BCUT2D eigenvalue weighted by molar-refractivity contribution is 0.127. The third-order valence-corrected chi connectivity index (χ3v) is 6.95. The monoisotopic (exact) mass is 461 g/mol. The van der Waals surface area contributed by atoms with Gasteiger partial charge >= 0.3 is 0 Å². The summed E-state index contributed by atoms with van der Waals surface area (Å²) in [4.78, 5) is 19.1. The SMILES string of the molecule is Cl.O=c1cc(OCc2ccccc2)ccn1-c1ccc2c3c([nH]c2c1)CC1CCCCN1C3. The Morgan fingerprint density at radius 3 is 2.76 bits per heavy atom. The predicted octanol–water partition coefficient (Wildman–Crippen LogP) is 5.23. The van der Waals surface area contributed by atoms with Crippen molar-refractivity contribution in [2.24, 2.45) is 0 Å². The van der Waals surface area contributed by atoms with E-state index >= 15 is 0 Å². The Labute approximate surface area is 199 Å². The zero-order chi connectivity index (χ0) is 21.5.